The van der Waals surface area contributed by atoms with E-state index in [2.05, 4.69) is 16.2 Å². The van der Waals surface area contributed by atoms with Crippen molar-refractivity contribution in [3.63, 3.8) is 0 Å². The molecule has 74 valence electrons. The Kier molecular flexibility index (Phi) is 2.77. The van der Waals surface area contributed by atoms with Crippen LogP contribution in [0.1, 0.15) is 37.2 Å². The average Bonchev–Trinajstić information content (AvgIpc) is 2.30. The summed E-state index contributed by atoms with van der Waals surface area (Å²) in [6.07, 6.45) is 7.79. The topological polar surface area (TPSA) is 45.5 Å². The highest BCUT2D eigenvalue weighted by Crippen LogP contribution is 2.30. The summed E-state index contributed by atoms with van der Waals surface area (Å²) in [5, 5.41) is 12.0. The summed E-state index contributed by atoms with van der Waals surface area (Å²) in [4.78, 5) is 4.11. The first-order valence-corrected chi connectivity index (χ1v) is 5.00. The summed E-state index contributed by atoms with van der Waals surface area (Å²) in [6.45, 7) is 0. The van der Waals surface area contributed by atoms with Crippen LogP contribution in [-0.2, 0) is 0 Å². The molecule has 1 aromatic rings. The van der Waals surface area contributed by atoms with Gasteiger partial charge in [-0.1, -0.05) is 11.2 Å². The van der Waals surface area contributed by atoms with E-state index in [-0.39, 0.29) is 0 Å². The van der Waals surface area contributed by atoms with Crippen LogP contribution < -0.4 is 0 Å². The minimum absolute atomic E-state index is 0.489. The number of rotatable bonds is 1. The van der Waals surface area contributed by atoms with Gasteiger partial charge in [-0.2, -0.15) is 0 Å². The van der Waals surface area contributed by atoms with Gasteiger partial charge in [-0.05, 0) is 43.2 Å². The maximum absolute atomic E-state index is 8.73. The Balaban J connectivity index is 2.12. The van der Waals surface area contributed by atoms with Gasteiger partial charge < -0.3 is 5.21 Å². The predicted octanol–water partition coefficient (Wildman–Crippen LogP) is 2.57. The normalized spacial score (nSPS) is 25.1. The number of hydrogen-bond donors (Lipinski definition) is 1. The Morgan fingerprint density at radius 2 is 2.43 bits per heavy atom. The Bertz CT molecular complexity index is 321. The van der Waals surface area contributed by atoms with E-state index in [1.54, 1.807) is 6.20 Å². The molecule has 1 heterocycles. The molecule has 1 unspecified atom stereocenters. The lowest BCUT2D eigenvalue weighted by Crippen LogP contribution is -2.13. The SMILES string of the molecule is O/N=C1/CCCC(c2cccnc2)C1. The van der Waals surface area contributed by atoms with Gasteiger partial charge in [-0.15, -0.1) is 0 Å². The molecule has 1 atom stereocenters. The molecule has 1 saturated carbocycles. The molecular weight excluding hydrogens is 176 g/mol. The van der Waals surface area contributed by atoms with Crippen LogP contribution >= 0.6 is 0 Å². The van der Waals surface area contributed by atoms with Crippen molar-refractivity contribution in [2.45, 2.75) is 31.6 Å². The molecule has 3 nitrogen and oxygen atoms in total. The van der Waals surface area contributed by atoms with E-state index >= 15 is 0 Å². The van der Waals surface area contributed by atoms with Crippen molar-refractivity contribution in [1.82, 2.24) is 4.98 Å². The molecule has 1 N–H and O–H groups in total. The van der Waals surface area contributed by atoms with Crippen LogP contribution in [0.5, 0.6) is 0 Å². The second kappa shape index (κ2) is 4.22. The lowest BCUT2D eigenvalue weighted by atomic mass is 9.84. The summed E-state index contributed by atoms with van der Waals surface area (Å²) in [5.74, 6) is 0.489. The number of nitrogens with zero attached hydrogens (tertiary/aromatic N) is 2. The molecule has 0 radical (unpaired) electrons. The quantitative estimate of drug-likeness (QED) is 0.546. The van der Waals surface area contributed by atoms with Crippen LogP contribution in [-0.4, -0.2) is 15.9 Å². The maximum atomic E-state index is 8.73. The van der Waals surface area contributed by atoms with Gasteiger partial charge in [0, 0.05) is 12.4 Å². The molecule has 0 saturated heterocycles. The number of pyridine rings is 1. The maximum Gasteiger partial charge on any atom is 0.0576 e. The van der Waals surface area contributed by atoms with E-state index in [9.17, 15) is 0 Å². The number of oxime groups is 1. The molecule has 14 heavy (non-hydrogen) atoms. The van der Waals surface area contributed by atoms with Gasteiger partial charge in [0.1, 0.15) is 0 Å². The number of aromatic nitrogens is 1. The summed E-state index contributed by atoms with van der Waals surface area (Å²) in [6, 6.07) is 4.05. The molecular formula is C11H14N2O. The minimum Gasteiger partial charge on any atom is -0.411 e. The second-order valence-corrected chi connectivity index (χ2v) is 3.75. The van der Waals surface area contributed by atoms with Gasteiger partial charge in [-0.25, -0.2) is 0 Å². The first-order valence-electron chi connectivity index (χ1n) is 5.00. The van der Waals surface area contributed by atoms with E-state index < -0.39 is 0 Å². The molecule has 0 bridgehead atoms. The summed E-state index contributed by atoms with van der Waals surface area (Å²) in [7, 11) is 0. The summed E-state index contributed by atoms with van der Waals surface area (Å²) in [5.41, 5.74) is 2.18. The largest absolute Gasteiger partial charge is 0.411 e. The molecule has 0 aromatic carbocycles. The van der Waals surface area contributed by atoms with E-state index in [0.29, 0.717) is 5.92 Å². The van der Waals surface area contributed by atoms with Gasteiger partial charge in [0.15, 0.2) is 0 Å². The van der Waals surface area contributed by atoms with Crippen molar-refractivity contribution < 1.29 is 5.21 Å². The van der Waals surface area contributed by atoms with Crippen molar-refractivity contribution in [1.29, 1.82) is 0 Å². The fraction of sp³-hybridized carbons (Fsp3) is 0.455. The Labute approximate surface area is 83.5 Å². The van der Waals surface area contributed by atoms with Crippen LogP contribution in [0.25, 0.3) is 0 Å². The van der Waals surface area contributed by atoms with Crippen molar-refractivity contribution in [3.05, 3.63) is 30.1 Å². The fourth-order valence-electron chi connectivity index (χ4n) is 2.03. The molecule has 1 aromatic heterocycles. The molecule has 0 spiro atoms. The third kappa shape index (κ3) is 1.92. The highest BCUT2D eigenvalue weighted by Gasteiger charge is 2.19. The van der Waals surface area contributed by atoms with Crippen molar-refractivity contribution in [3.8, 4) is 0 Å². The Morgan fingerprint density at radius 1 is 1.50 bits per heavy atom. The zero-order valence-corrected chi connectivity index (χ0v) is 8.06. The third-order valence-corrected chi connectivity index (χ3v) is 2.80. The predicted molar refractivity (Wildman–Crippen MR) is 54.7 cm³/mol. The van der Waals surface area contributed by atoms with Crippen molar-refractivity contribution in [2.75, 3.05) is 0 Å². The van der Waals surface area contributed by atoms with E-state index in [0.717, 1.165) is 25.0 Å². The van der Waals surface area contributed by atoms with Crippen LogP contribution in [0.3, 0.4) is 0 Å². The molecule has 0 aliphatic heterocycles. The zero-order valence-electron chi connectivity index (χ0n) is 8.06. The van der Waals surface area contributed by atoms with Gasteiger partial charge in [-0.3, -0.25) is 4.98 Å². The summed E-state index contributed by atoms with van der Waals surface area (Å²) < 4.78 is 0. The second-order valence-electron chi connectivity index (χ2n) is 3.75. The van der Waals surface area contributed by atoms with Crippen molar-refractivity contribution >= 4 is 5.71 Å². The third-order valence-electron chi connectivity index (χ3n) is 2.80. The van der Waals surface area contributed by atoms with Gasteiger partial charge in [0.05, 0.1) is 5.71 Å². The lowest BCUT2D eigenvalue weighted by Gasteiger charge is -2.22. The van der Waals surface area contributed by atoms with Crippen LogP contribution in [0.15, 0.2) is 29.7 Å². The highest BCUT2D eigenvalue weighted by molar-refractivity contribution is 5.85. The zero-order chi connectivity index (χ0) is 9.80. The fourth-order valence-corrected chi connectivity index (χ4v) is 2.03. The molecule has 1 aliphatic carbocycles. The molecule has 1 aliphatic rings. The van der Waals surface area contributed by atoms with Crippen LogP contribution in [0, 0.1) is 0 Å². The first-order chi connectivity index (χ1) is 6.90. The monoisotopic (exact) mass is 190 g/mol. The smallest absolute Gasteiger partial charge is 0.0576 e. The van der Waals surface area contributed by atoms with Crippen molar-refractivity contribution in [2.24, 2.45) is 5.16 Å². The molecule has 1 fully saturated rings. The molecule has 0 amide bonds. The van der Waals surface area contributed by atoms with Gasteiger partial charge >= 0.3 is 0 Å². The standard InChI is InChI=1S/C11H14N2O/c14-13-11-5-1-3-9(7-11)10-4-2-6-12-8-10/h2,4,6,8-9,14H,1,3,5,7H2/b13-11-. The highest BCUT2D eigenvalue weighted by atomic mass is 16.4. The minimum atomic E-state index is 0.489. The van der Waals surface area contributed by atoms with Gasteiger partial charge in [0.25, 0.3) is 0 Å². The van der Waals surface area contributed by atoms with Crippen LogP contribution in [0.4, 0.5) is 0 Å². The first kappa shape index (κ1) is 9.19. The van der Waals surface area contributed by atoms with Crippen LogP contribution in [0.2, 0.25) is 0 Å². The van der Waals surface area contributed by atoms with E-state index in [1.165, 1.54) is 12.0 Å². The Hall–Kier alpha value is -1.38. The van der Waals surface area contributed by atoms with Gasteiger partial charge in [0.2, 0.25) is 0 Å². The lowest BCUT2D eigenvalue weighted by molar-refractivity contribution is 0.313. The summed E-state index contributed by atoms with van der Waals surface area (Å²) >= 11 is 0. The molecule has 3 heteroatoms. The Morgan fingerprint density at radius 3 is 3.14 bits per heavy atom. The van der Waals surface area contributed by atoms with E-state index in [1.807, 2.05) is 12.3 Å². The average molecular weight is 190 g/mol. The molecule has 2 rings (SSSR count). The van der Waals surface area contributed by atoms with E-state index in [4.69, 9.17) is 5.21 Å². The number of hydrogen-bond acceptors (Lipinski definition) is 3.